The van der Waals surface area contributed by atoms with E-state index in [-0.39, 0.29) is 30.2 Å². The number of halogens is 2. The molecule has 6 heteroatoms. The summed E-state index contributed by atoms with van der Waals surface area (Å²) in [6.45, 7) is 10.5. The molecule has 0 aromatic rings. The highest BCUT2D eigenvalue weighted by Gasteiger charge is 2.52. The number of nitrogens with one attached hydrogen (secondary N) is 1. The van der Waals surface area contributed by atoms with Gasteiger partial charge in [0.15, 0.2) is 0 Å². The Hall–Kier alpha value is -0.0300. The molecule has 23 heavy (non-hydrogen) atoms. The molecule has 3 atom stereocenters. The molecule has 0 aromatic heterocycles. The molecule has 0 spiro atoms. The molecule has 1 saturated carbocycles. The summed E-state index contributed by atoms with van der Waals surface area (Å²) in [6.07, 6.45) is 6.05. The Bertz CT molecular complexity index is 392. The van der Waals surface area contributed by atoms with Crippen molar-refractivity contribution < 1.29 is 4.79 Å². The molecule has 1 unspecified atom stereocenters. The molecule has 1 N–H and O–H groups in total. The summed E-state index contributed by atoms with van der Waals surface area (Å²) in [5.41, 5.74) is -0.0591. The Morgan fingerprint density at radius 3 is 2.65 bits per heavy atom. The Labute approximate surface area is 153 Å². The molecule has 0 radical (unpaired) electrons. The third-order valence-electron chi connectivity index (χ3n) is 6.24. The summed E-state index contributed by atoms with van der Waals surface area (Å²) in [6, 6.07) is 0.580. The van der Waals surface area contributed by atoms with E-state index in [0.29, 0.717) is 17.9 Å². The fourth-order valence-electron chi connectivity index (χ4n) is 4.95. The first-order chi connectivity index (χ1) is 10.2. The number of rotatable bonds is 4. The van der Waals surface area contributed by atoms with E-state index in [1.54, 1.807) is 0 Å². The van der Waals surface area contributed by atoms with E-state index in [4.69, 9.17) is 0 Å². The maximum absolute atomic E-state index is 13.2. The monoisotopic (exact) mass is 365 g/mol. The number of likely N-dealkylation sites (N-methyl/N-ethyl adjacent to an activating group) is 1. The number of nitrogens with zero attached hydrogens (tertiary/aromatic N) is 2. The number of hydrogen-bond acceptors (Lipinski definition) is 3. The average Bonchev–Trinajstić information content (AvgIpc) is 3.15. The van der Waals surface area contributed by atoms with Crippen molar-refractivity contribution in [1.29, 1.82) is 0 Å². The standard InChI is InChI=1S/C17H31N3O.2ClH/c1-3-19(4-2)15-8-10-20(12-15)16(21)17-9-6-5-7-14(17)11-18-13-17;;/h14-15,18H,3-13H2,1-2H3;2*1H/t14-,15?,17+;;/m0../s1. The predicted molar refractivity (Wildman–Crippen MR) is 99.7 cm³/mol. The quantitative estimate of drug-likeness (QED) is 0.831. The SMILES string of the molecule is CCN(CC)C1CCN(C(=O)[C@@]23CCCC[C@H]2CNC3)C1.Cl.Cl. The summed E-state index contributed by atoms with van der Waals surface area (Å²) in [7, 11) is 0. The van der Waals surface area contributed by atoms with Crippen LogP contribution in [0.25, 0.3) is 0 Å². The second-order valence-electron chi connectivity index (χ2n) is 7.14. The molecule has 0 bridgehead atoms. The minimum atomic E-state index is -0.0591. The van der Waals surface area contributed by atoms with Gasteiger partial charge in [0, 0.05) is 25.7 Å². The van der Waals surface area contributed by atoms with Gasteiger partial charge in [0.25, 0.3) is 0 Å². The van der Waals surface area contributed by atoms with E-state index in [2.05, 4.69) is 29.0 Å². The van der Waals surface area contributed by atoms with Gasteiger partial charge in [-0.25, -0.2) is 0 Å². The van der Waals surface area contributed by atoms with E-state index in [9.17, 15) is 4.79 Å². The minimum Gasteiger partial charge on any atom is -0.341 e. The number of fused-ring (bicyclic) bond motifs is 1. The summed E-state index contributed by atoms with van der Waals surface area (Å²) < 4.78 is 0. The Morgan fingerprint density at radius 2 is 1.96 bits per heavy atom. The molecule has 2 heterocycles. The third-order valence-corrected chi connectivity index (χ3v) is 6.24. The molecule has 3 fully saturated rings. The lowest BCUT2D eigenvalue weighted by molar-refractivity contribution is -0.144. The van der Waals surface area contributed by atoms with Crippen molar-refractivity contribution in [3.63, 3.8) is 0 Å². The van der Waals surface area contributed by atoms with Gasteiger partial charge in [0.05, 0.1) is 5.41 Å². The number of carbonyl (C=O) groups is 1. The van der Waals surface area contributed by atoms with Crippen LogP contribution in [0.4, 0.5) is 0 Å². The number of likely N-dealkylation sites (tertiary alicyclic amines) is 1. The van der Waals surface area contributed by atoms with Gasteiger partial charge < -0.3 is 10.2 Å². The van der Waals surface area contributed by atoms with Gasteiger partial charge in [-0.2, -0.15) is 0 Å². The molecule has 4 nitrogen and oxygen atoms in total. The molecule has 1 amide bonds. The number of carbonyl (C=O) groups excluding carboxylic acids is 1. The minimum absolute atomic E-state index is 0. The van der Waals surface area contributed by atoms with Gasteiger partial charge in [-0.15, -0.1) is 24.8 Å². The maximum Gasteiger partial charge on any atom is 0.230 e. The summed E-state index contributed by atoms with van der Waals surface area (Å²) in [4.78, 5) is 17.9. The summed E-state index contributed by atoms with van der Waals surface area (Å²) in [5.74, 6) is 1.05. The van der Waals surface area contributed by atoms with Crippen LogP contribution < -0.4 is 5.32 Å². The van der Waals surface area contributed by atoms with Crippen LogP contribution in [0.2, 0.25) is 0 Å². The van der Waals surface area contributed by atoms with Crippen molar-refractivity contribution in [1.82, 2.24) is 15.1 Å². The van der Waals surface area contributed by atoms with Gasteiger partial charge in [-0.3, -0.25) is 9.69 Å². The van der Waals surface area contributed by atoms with Crippen LogP contribution in [0.1, 0.15) is 46.0 Å². The van der Waals surface area contributed by atoms with Crippen LogP contribution in [0, 0.1) is 11.3 Å². The Balaban J connectivity index is 0.00000132. The van der Waals surface area contributed by atoms with Gasteiger partial charge in [-0.1, -0.05) is 26.7 Å². The van der Waals surface area contributed by atoms with E-state index >= 15 is 0 Å². The van der Waals surface area contributed by atoms with Gasteiger partial charge >= 0.3 is 0 Å². The zero-order valence-electron chi connectivity index (χ0n) is 14.6. The van der Waals surface area contributed by atoms with Crippen molar-refractivity contribution in [2.75, 3.05) is 39.3 Å². The van der Waals surface area contributed by atoms with Gasteiger partial charge in [-0.05, 0) is 44.8 Å². The first kappa shape index (κ1) is 21.0. The molecule has 3 rings (SSSR count). The van der Waals surface area contributed by atoms with Crippen LogP contribution in [-0.2, 0) is 4.79 Å². The largest absolute Gasteiger partial charge is 0.341 e. The van der Waals surface area contributed by atoms with Crippen LogP contribution >= 0.6 is 24.8 Å². The predicted octanol–water partition coefficient (Wildman–Crippen LogP) is 2.55. The fraction of sp³-hybridized carbons (Fsp3) is 0.941. The van der Waals surface area contributed by atoms with E-state index in [1.165, 1.54) is 19.3 Å². The number of hydrogen-bond donors (Lipinski definition) is 1. The van der Waals surface area contributed by atoms with E-state index < -0.39 is 0 Å². The average molecular weight is 366 g/mol. The third kappa shape index (κ3) is 3.81. The highest BCUT2D eigenvalue weighted by molar-refractivity contribution is 5.85. The lowest BCUT2D eigenvalue weighted by atomic mass is 9.67. The van der Waals surface area contributed by atoms with Crippen molar-refractivity contribution >= 4 is 30.7 Å². The second-order valence-corrected chi connectivity index (χ2v) is 7.14. The van der Waals surface area contributed by atoms with Crippen LogP contribution in [0.15, 0.2) is 0 Å². The highest BCUT2D eigenvalue weighted by atomic mass is 35.5. The molecule has 2 saturated heterocycles. The summed E-state index contributed by atoms with van der Waals surface area (Å²) >= 11 is 0. The second kappa shape index (κ2) is 8.89. The first-order valence-electron chi connectivity index (χ1n) is 8.95. The fourth-order valence-corrected chi connectivity index (χ4v) is 4.95. The zero-order valence-corrected chi connectivity index (χ0v) is 16.2. The van der Waals surface area contributed by atoms with Gasteiger partial charge in [0.1, 0.15) is 0 Å². The van der Waals surface area contributed by atoms with Crippen molar-refractivity contribution in [2.45, 2.75) is 52.0 Å². The molecular formula is C17H33Cl2N3O. The topological polar surface area (TPSA) is 35.6 Å². The Morgan fingerprint density at radius 1 is 1.22 bits per heavy atom. The molecule has 3 aliphatic rings. The van der Waals surface area contributed by atoms with Crippen LogP contribution in [0.3, 0.4) is 0 Å². The summed E-state index contributed by atoms with van der Waals surface area (Å²) in [5, 5.41) is 3.51. The van der Waals surface area contributed by atoms with E-state index in [1.807, 2.05) is 0 Å². The highest BCUT2D eigenvalue weighted by Crippen LogP contribution is 2.45. The Kier molecular flexibility index (Phi) is 8.12. The first-order valence-corrected chi connectivity index (χ1v) is 8.95. The van der Waals surface area contributed by atoms with Crippen LogP contribution in [0.5, 0.6) is 0 Å². The zero-order chi connectivity index (χ0) is 14.9. The molecule has 136 valence electrons. The molecule has 2 aliphatic heterocycles. The van der Waals surface area contributed by atoms with E-state index in [0.717, 1.165) is 52.1 Å². The van der Waals surface area contributed by atoms with Gasteiger partial charge in [0.2, 0.25) is 5.91 Å². The maximum atomic E-state index is 13.2. The van der Waals surface area contributed by atoms with Crippen molar-refractivity contribution in [3.8, 4) is 0 Å². The molecule has 0 aromatic carbocycles. The van der Waals surface area contributed by atoms with Crippen molar-refractivity contribution in [2.24, 2.45) is 11.3 Å². The lowest BCUT2D eigenvalue weighted by Gasteiger charge is -2.40. The molecular weight excluding hydrogens is 333 g/mol. The number of amides is 1. The smallest absolute Gasteiger partial charge is 0.230 e. The molecule has 1 aliphatic carbocycles. The normalized spacial score (nSPS) is 33.1. The van der Waals surface area contributed by atoms with Crippen LogP contribution in [-0.4, -0.2) is 61.0 Å². The van der Waals surface area contributed by atoms with Crippen molar-refractivity contribution in [3.05, 3.63) is 0 Å². The lowest BCUT2D eigenvalue weighted by Crippen LogP contribution is -2.50.